The molecule has 0 bridgehead atoms. The van der Waals surface area contributed by atoms with Crippen LogP contribution in [-0.2, 0) is 27.7 Å². The maximum absolute atomic E-state index is 13.8. The topological polar surface area (TPSA) is 94.6 Å². The van der Waals surface area contributed by atoms with E-state index in [2.05, 4.69) is 9.71 Å². The summed E-state index contributed by atoms with van der Waals surface area (Å²) in [7, 11) is -2.16. The van der Waals surface area contributed by atoms with Crippen LogP contribution >= 0.6 is 11.3 Å². The van der Waals surface area contributed by atoms with Crippen molar-refractivity contribution in [2.45, 2.75) is 12.8 Å². The number of aromatic nitrogens is 1. The van der Waals surface area contributed by atoms with Gasteiger partial charge in [0.1, 0.15) is 17.3 Å². The zero-order valence-electron chi connectivity index (χ0n) is 16.2. The van der Waals surface area contributed by atoms with E-state index in [0.717, 1.165) is 6.26 Å². The summed E-state index contributed by atoms with van der Waals surface area (Å²) >= 11 is 1.37. The number of nitrogens with one attached hydrogen (secondary N) is 1. The van der Waals surface area contributed by atoms with Gasteiger partial charge in [-0.2, -0.15) is 0 Å². The van der Waals surface area contributed by atoms with Gasteiger partial charge in [0.25, 0.3) is 0 Å². The molecule has 0 atom stereocenters. The van der Waals surface area contributed by atoms with Crippen LogP contribution in [0.15, 0.2) is 48.0 Å². The molecule has 0 fully saturated rings. The lowest BCUT2D eigenvalue weighted by molar-refractivity contribution is -0.117. The number of methoxy groups -OCH3 is 1. The van der Waals surface area contributed by atoms with E-state index in [-0.39, 0.29) is 41.6 Å². The molecule has 1 N–H and O–H groups in total. The lowest BCUT2D eigenvalue weighted by atomic mass is 10.1. The number of Topliss-reactive ketones (excluding diaryl/α,β-unsaturated/α-hetero) is 1. The molecule has 7 nitrogen and oxygen atoms in total. The fourth-order valence-corrected chi connectivity index (χ4v) is 3.98. The summed E-state index contributed by atoms with van der Waals surface area (Å²) in [6, 6.07) is 8.56. The van der Waals surface area contributed by atoms with Crippen molar-refractivity contribution in [1.82, 2.24) is 4.98 Å². The maximum atomic E-state index is 13.8. The Morgan fingerprint density at radius 2 is 2.00 bits per heavy atom. The molecule has 0 saturated carbocycles. The first-order chi connectivity index (χ1) is 14.2. The van der Waals surface area contributed by atoms with E-state index in [1.807, 2.05) is 0 Å². The Balaban J connectivity index is 1.88. The number of ether oxygens (including phenoxy) is 2. The van der Waals surface area contributed by atoms with Crippen LogP contribution in [0.4, 0.5) is 10.1 Å². The predicted molar refractivity (Wildman–Crippen MR) is 112 cm³/mol. The Hall–Kier alpha value is -2.98. The lowest BCUT2D eigenvalue weighted by Crippen LogP contribution is -2.11. The Morgan fingerprint density at radius 3 is 2.67 bits per heavy atom. The smallest absolute Gasteiger partial charge is 0.229 e. The van der Waals surface area contributed by atoms with Crippen LogP contribution in [0.3, 0.4) is 0 Å². The van der Waals surface area contributed by atoms with E-state index in [9.17, 15) is 17.6 Å². The second kappa shape index (κ2) is 9.23. The van der Waals surface area contributed by atoms with E-state index >= 15 is 0 Å². The third-order valence-electron chi connectivity index (χ3n) is 3.94. The largest absolute Gasteiger partial charge is 0.491 e. The third kappa shape index (κ3) is 5.77. The van der Waals surface area contributed by atoms with Gasteiger partial charge in [-0.1, -0.05) is 6.07 Å². The summed E-state index contributed by atoms with van der Waals surface area (Å²) in [6.07, 6.45) is 2.74. The van der Waals surface area contributed by atoms with Crippen molar-refractivity contribution in [3.8, 4) is 17.2 Å². The van der Waals surface area contributed by atoms with Crippen LogP contribution in [0.5, 0.6) is 17.2 Å². The summed E-state index contributed by atoms with van der Waals surface area (Å²) in [6.45, 7) is 0. The predicted octanol–water partition coefficient (Wildman–Crippen LogP) is 3.81. The minimum absolute atomic E-state index is 0.0454. The lowest BCUT2D eigenvalue weighted by Gasteiger charge is -2.16. The van der Waals surface area contributed by atoms with Crippen LogP contribution in [0.25, 0.3) is 0 Å². The minimum atomic E-state index is -3.54. The van der Waals surface area contributed by atoms with Crippen molar-refractivity contribution >= 4 is 32.8 Å². The number of ketones is 1. The average molecular weight is 451 g/mol. The number of nitrogens with zero attached hydrogens (tertiary/aromatic N) is 1. The number of carbonyl (C=O) groups is 1. The number of hydrogen-bond acceptors (Lipinski definition) is 7. The first kappa shape index (κ1) is 21.7. The molecule has 0 saturated heterocycles. The highest BCUT2D eigenvalue weighted by atomic mass is 32.2. The van der Waals surface area contributed by atoms with Gasteiger partial charge in [0.05, 0.1) is 30.5 Å². The van der Waals surface area contributed by atoms with Crippen molar-refractivity contribution in [2.75, 3.05) is 18.1 Å². The second-order valence-electron chi connectivity index (χ2n) is 6.38. The third-order valence-corrected chi connectivity index (χ3v) is 5.31. The molecular weight excluding hydrogens is 431 g/mol. The molecular formula is C20H19FN2O5S2. The van der Waals surface area contributed by atoms with Crippen molar-refractivity contribution in [2.24, 2.45) is 0 Å². The first-order valence-electron chi connectivity index (χ1n) is 8.76. The van der Waals surface area contributed by atoms with Gasteiger partial charge in [-0.15, -0.1) is 11.3 Å². The summed E-state index contributed by atoms with van der Waals surface area (Å²) in [4.78, 5) is 16.5. The number of para-hydroxylation sites is 1. The van der Waals surface area contributed by atoms with E-state index in [4.69, 9.17) is 9.47 Å². The Labute approximate surface area is 177 Å². The molecule has 0 aliphatic rings. The highest BCUT2D eigenvalue weighted by molar-refractivity contribution is 7.92. The summed E-state index contributed by atoms with van der Waals surface area (Å²) in [5, 5.41) is 2.46. The van der Waals surface area contributed by atoms with Gasteiger partial charge in [-0.05, 0) is 30.3 Å². The summed E-state index contributed by atoms with van der Waals surface area (Å²) in [5.41, 5.74) is 0.557. The van der Waals surface area contributed by atoms with Crippen molar-refractivity contribution in [3.05, 3.63) is 64.4 Å². The number of hydrogen-bond donors (Lipinski definition) is 1. The average Bonchev–Trinajstić information content (AvgIpc) is 3.15. The Bertz CT molecular complexity index is 1150. The van der Waals surface area contributed by atoms with Crippen LogP contribution < -0.4 is 14.2 Å². The molecule has 0 spiro atoms. The van der Waals surface area contributed by atoms with Crippen LogP contribution in [0.2, 0.25) is 0 Å². The Morgan fingerprint density at radius 1 is 1.20 bits per heavy atom. The van der Waals surface area contributed by atoms with Gasteiger partial charge in [0, 0.05) is 23.6 Å². The molecule has 0 radical (unpaired) electrons. The van der Waals surface area contributed by atoms with Gasteiger partial charge in [0.2, 0.25) is 10.0 Å². The highest BCUT2D eigenvalue weighted by Crippen LogP contribution is 2.39. The number of sulfonamides is 1. The summed E-state index contributed by atoms with van der Waals surface area (Å²) in [5.74, 6) is -0.00361. The van der Waals surface area contributed by atoms with Gasteiger partial charge in [-0.25, -0.2) is 17.8 Å². The summed E-state index contributed by atoms with van der Waals surface area (Å²) < 4.78 is 50.6. The minimum Gasteiger partial charge on any atom is -0.491 e. The fraction of sp³-hybridized carbons (Fsp3) is 0.200. The normalized spacial score (nSPS) is 11.2. The second-order valence-corrected chi connectivity index (χ2v) is 9.11. The molecule has 0 aliphatic heterocycles. The number of carbonyl (C=O) groups excluding carboxylic acids is 1. The quantitative estimate of drug-likeness (QED) is 0.533. The molecule has 3 aromatic rings. The van der Waals surface area contributed by atoms with Gasteiger partial charge in [0.15, 0.2) is 11.5 Å². The SMILES string of the molecule is COc1c(NS(C)(=O)=O)cccc1Oc1ccc(F)cc1CC(=O)Cc1nccs1. The zero-order valence-corrected chi connectivity index (χ0v) is 17.8. The molecule has 30 heavy (non-hydrogen) atoms. The number of rotatable bonds is 9. The van der Waals surface area contributed by atoms with Crippen molar-refractivity contribution in [1.29, 1.82) is 0 Å². The maximum Gasteiger partial charge on any atom is 0.229 e. The van der Waals surface area contributed by atoms with Crippen LogP contribution in [-0.4, -0.2) is 32.6 Å². The number of thiazole rings is 1. The highest BCUT2D eigenvalue weighted by Gasteiger charge is 2.17. The van der Waals surface area contributed by atoms with Crippen LogP contribution in [0.1, 0.15) is 10.6 Å². The van der Waals surface area contributed by atoms with E-state index in [0.29, 0.717) is 10.6 Å². The molecule has 0 amide bonds. The van der Waals surface area contributed by atoms with Crippen LogP contribution in [0, 0.1) is 5.82 Å². The molecule has 0 aliphatic carbocycles. The number of benzene rings is 2. The molecule has 1 aromatic heterocycles. The molecule has 158 valence electrons. The van der Waals surface area contributed by atoms with E-state index in [1.54, 1.807) is 23.7 Å². The Kier molecular flexibility index (Phi) is 6.68. The molecule has 10 heteroatoms. The van der Waals surface area contributed by atoms with E-state index in [1.165, 1.54) is 42.7 Å². The molecule has 0 unspecified atom stereocenters. The first-order valence-corrected chi connectivity index (χ1v) is 11.5. The molecule has 3 rings (SSSR count). The van der Waals surface area contributed by atoms with E-state index < -0.39 is 15.8 Å². The van der Waals surface area contributed by atoms with Crippen molar-refractivity contribution < 1.29 is 27.1 Å². The fourth-order valence-electron chi connectivity index (χ4n) is 2.77. The zero-order chi connectivity index (χ0) is 21.7. The standard InChI is InChI=1S/C20H19FN2O5S2/c1-27-20-16(23-30(2,25)26)4-3-5-18(20)28-17-7-6-14(21)10-13(17)11-15(24)12-19-22-8-9-29-19/h3-10,23H,11-12H2,1-2H3. The van der Waals surface area contributed by atoms with Gasteiger partial charge >= 0.3 is 0 Å². The van der Waals surface area contributed by atoms with Gasteiger partial charge in [-0.3, -0.25) is 9.52 Å². The number of halogens is 1. The number of anilines is 1. The molecule has 2 aromatic carbocycles. The van der Waals surface area contributed by atoms with Gasteiger partial charge < -0.3 is 9.47 Å². The van der Waals surface area contributed by atoms with Crippen molar-refractivity contribution in [3.63, 3.8) is 0 Å². The monoisotopic (exact) mass is 450 g/mol. The molecule has 1 heterocycles.